The van der Waals surface area contributed by atoms with E-state index >= 15 is 0 Å². The van der Waals surface area contributed by atoms with Crippen molar-refractivity contribution < 1.29 is 9.59 Å². The van der Waals surface area contributed by atoms with Crippen LogP contribution < -0.4 is 10.6 Å². The lowest BCUT2D eigenvalue weighted by atomic mass is 10.4. The predicted octanol–water partition coefficient (Wildman–Crippen LogP) is 0.142. The fourth-order valence-electron chi connectivity index (χ4n) is 1.43. The molecule has 0 spiro atoms. The van der Waals surface area contributed by atoms with E-state index in [9.17, 15) is 9.59 Å². The van der Waals surface area contributed by atoms with Crippen molar-refractivity contribution in [1.29, 1.82) is 0 Å². The molecule has 0 aromatic rings. The van der Waals surface area contributed by atoms with Crippen LogP contribution in [0.5, 0.6) is 0 Å². The van der Waals surface area contributed by atoms with Gasteiger partial charge in [0.1, 0.15) is 0 Å². The third-order valence-electron chi connectivity index (χ3n) is 2.02. The van der Waals surface area contributed by atoms with Gasteiger partial charge in [-0.1, -0.05) is 0 Å². The standard InChI is InChI=1S/C6H9N3O2S/c1-6-8-4(10)7-5(11)9(6)2-3-12-6/h2-3H2,1H3,(H2,7,8,10,11)/t6-/m1/s1. The number of carbonyl (C=O) groups is 2. The number of imide groups is 1. The molecule has 0 saturated carbocycles. The maximum absolute atomic E-state index is 11.2. The van der Waals surface area contributed by atoms with Crippen molar-refractivity contribution in [2.24, 2.45) is 0 Å². The van der Waals surface area contributed by atoms with Crippen LogP contribution >= 0.6 is 11.8 Å². The molecule has 2 aliphatic rings. The van der Waals surface area contributed by atoms with E-state index in [1.54, 1.807) is 16.7 Å². The molecule has 4 amide bonds. The smallest absolute Gasteiger partial charge is 0.306 e. The maximum atomic E-state index is 11.2. The number of hydrogen-bond donors (Lipinski definition) is 2. The van der Waals surface area contributed by atoms with Gasteiger partial charge >= 0.3 is 12.1 Å². The van der Waals surface area contributed by atoms with Crippen molar-refractivity contribution in [3.05, 3.63) is 0 Å². The highest BCUT2D eigenvalue weighted by atomic mass is 32.2. The van der Waals surface area contributed by atoms with Gasteiger partial charge in [-0.2, -0.15) is 0 Å². The molecule has 0 unspecified atom stereocenters. The molecule has 0 aliphatic carbocycles. The van der Waals surface area contributed by atoms with Gasteiger partial charge in [0.2, 0.25) is 0 Å². The predicted molar refractivity (Wildman–Crippen MR) is 44.6 cm³/mol. The van der Waals surface area contributed by atoms with Crippen molar-refractivity contribution in [3.8, 4) is 0 Å². The summed E-state index contributed by atoms with van der Waals surface area (Å²) in [6.45, 7) is 2.52. The highest BCUT2D eigenvalue weighted by Crippen LogP contribution is 2.34. The molecular formula is C6H9N3O2S. The first-order chi connectivity index (χ1) is 5.62. The Morgan fingerprint density at radius 2 is 2.33 bits per heavy atom. The summed E-state index contributed by atoms with van der Waals surface area (Å²) in [7, 11) is 0. The topological polar surface area (TPSA) is 61.4 Å². The number of nitrogens with zero attached hydrogens (tertiary/aromatic N) is 1. The molecule has 12 heavy (non-hydrogen) atoms. The summed E-state index contributed by atoms with van der Waals surface area (Å²) < 4.78 is 0. The van der Waals surface area contributed by atoms with Crippen LogP contribution in [0.3, 0.4) is 0 Å². The van der Waals surface area contributed by atoms with Crippen LogP contribution in [0, 0.1) is 0 Å². The highest BCUT2D eigenvalue weighted by Gasteiger charge is 2.45. The minimum Gasteiger partial charge on any atom is -0.306 e. The second kappa shape index (κ2) is 2.29. The summed E-state index contributed by atoms with van der Waals surface area (Å²) in [5.41, 5.74) is 0. The summed E-state index contributed by atoms with van der Waals surface area (Å²) in [5, 5.41) is 4.90. The van der Waals surface area contributed by atoms with Crippen LogP contribution in [0.1, 0.15) is 6.92 Å². The van der Waals surface area contributed by atoms with Crippen molar-refractivity contribution in [3.63, 3.8) is 0 Å². The largest absolute Gasteiger partial charge is 0.328 e. The molecular weight excluding hydrogens is 178 g/mol. The average molecular weight is 187 g/mol. The Hall–Kier alpha value is -0.910. The summed E-state index contributed by atoms with van der Waals surface area (Å²) >= 11 is 1.57. The molecule has 2 heterocycles. The molecule has 1 atom stereocenters. The first-order valence-corrected chi connectivity index (χ1v) is 4.65. The maximum Gasteiger partial charge on any atom is 0.328 e. The van der Waals surface area contributed by atoms with Crippen LogP contribution in [0.15, 0.2) is 0 Å². The fraction of sp³-hybridized carbons (Fsp3) is 0.667. The van der Waals surface area contributed by atoms with Crippen molar-refractivity contribution in [2.45, 2.75) is 11.9 Å². The van der Waals surface area contributed by atoms with E-state index in [1.807, 2.05) is 6.92 Å². The molecule has 2 saturated heterocycles. The van der Waals surface area contributed by atoms with Gasteiger partial charge in [0.25, 0.3) is 0 Å². The van der Waals surface area contributed by atoms with E-state index in [2.05, 4.69) is 10.6 Å². The second-order valence-corrected chi connectivity index (χ2v) is 4.36. The summed E-state index contributed by atoms with van der Waals surface area (Å²) in [6, 6.07) is -0.709. The molecule has 2 N–H and O–H groups in total. The van der Waals surface area contributed by atoms with Gasteiger partial charge in [-0.15, -0.1) is 11.8 Å². The molecule has 2 aliphatic heterocycles. The Balaban J connectivity index is 2.28. The van der Waals surface area contributed by atoms with Gasteiger partial charge in [-0.25, -0.2) is 9.59 Å². The Labute approximate surface area is 73.9 Å². The molecule has 0 radical (unpaired) electrons. The molecule has 2 fully saturated rings. The number of rotatable bonds is 0. The zero-order valence-corrected chi connectivity index (χ0v) is 7.40. The van der Waals surface area contributed by atoms with Crippen LogP contribution in [-0.2, 0) is 0 Å². The zero-order valence-electron chi connectivity index (χ0n) is 6.59. The van der Waals surface area contributed by atoms with Crippen LogP contribution in [0.25, 0.3) is 0 Å². The van der Waals surface area contributed by atoms with E-state index in [0.717, 1.165) is 5.75 Å². The summed E-state index contributed by atoms with van der Waals surface area (Å²) in [5.74, 6) is 0.865. The highest BCUT2D eigenvalue weighted by molar-refractivity contribution is 8.00. The van der Waals surface area contributed by atoms with E-state index < -0.39 is 11.0 Å². The summed E-state index contributed by atoms with van der Waals surface area (Å²) in [4.78, 5) is 23.3. The number of hydrogen-bond acceptors (Lipinski definition) is 3. The number of thioether (sulfide) groups is 1. The van der Waals surface area contributed by atoms with Gasteiger partial charge in [-0.05, 0) is 6.92 Å². The van der Waals surface area contributed by atoms with Gasteiger partial charge < -0.3 is 5.32 Å². The number of fused-ring (bicyclic) bond motifs is 1. The van der Waals surface area contributed by atoms with Gasteiger partial charge in [0, 0.05) is 12.3 Å². The van der Waals surface area contributed by atoms with Crippen LogP contribution in [-0.4, -0.2) is 34.3 Å². The molecule has 5 nitrogen and oxygen atoms in total. The Morgan fingerprint density at radius 1 is 1.58 bits per heavy atom. The minimum absolute atomic E-state index is 0.300. The second-order valence-electron chi connectivity index (χ2n) is 2.87. The summed E-state index contributed by atoms with van der Waals surface area (Å²) in [6.07, 6.45) is 0. The molecule has 2 rings (SSSR count). The Morgan fingerprint density at radius 3 is 3.08 bits per heavy atom. The molecule has 0 bridgehead atoms. The van der Waals surface area contributed by atoms with E-state index in [-0.39, 0.29) is 6.03 Å². The SMILES string of the molecule is C[C@@]12NC(=O)NC(=O)N1CCS2. The molecule has 0 aromatic heterocycles. The third-order valence-corrected chi connectivity index (χ3v) is 3.30. The number of carbonyl (C=O) groups excluding carboxylic acids is 2. The minimum atomic E-state index is -0.528. The lowest BCUT2D eigenvalue weighted by Gasteiger charge is -2.38. The fourth-order valence-corrected chi connectivity index (χ4v) is 2.60. The first-order valence-electron chi connectivity index (χ1n) is 3.66. The molecule has 6 heteroatoms. The molecule has 0 aromatic carbocycles. The van der Waals surface area contributed by atoms with Crippen molar-refractivity contribution in [2.75, 3.05) is 12.3 Å². The zero-order chi connectivity index (χ0) is 8.77. The monoisotopic (exact) mass is 187 g/mol. The number of amides is 4. The number of nitrogens with one attached hydrogen (secondary N) is 2. The van der Waals surface area contributed by atoms with Crippen LogP contribution in [0.4, 0.5) is 9.59 Å². The lowest BCUT2D eigenvalue weighted by Crippen LogP contribution is -2.66. The van der Waals surface area contributed by atoms with Crippen LogP contribution in [0.2, 0.25) is 0 Å². The third kappa shape index (κ3) is 0.945. The Kier molecular flexibility index (Phi) is 1.47. The average Bonchev–Trinajstić information content (AvgIpc) is 2.29. The van der Waals surface area contributed by atoms with E-state index in [1.165, 1.54) is 0 Å². The van der Waals surface area contributed by atoms with Gasteiger partial charge in [-0.3, -0.25) is 10.2 Å². The van der Waals surface area contributed by atoms with E-state index in [4.69, 9.17) is 0 Å². The van der Waals surface area contributed by atoms with Crippen molar-refractivity contribution in [1.82, 2.24) is 15.5 Å². The van der Waals surface area contributed by atoms with E-state index in [0.29, 0.717) is 6.54 Å². The number of urea groups is 2. The first kappa shape index (κ1) is 7.72. The van der Waals surface area contributed by atoms with Crippen molar-refractivity contribution >= 4 is 23.8 Å². The molecule has 66 valence electrons. The normalized spacial score (nSPS) is 34.2. The Bertz CT molecular complexity index is 257. The van der Waals surface area contributed by atoms with Gasteiger partial charge in [0.15, 0.2) is 4.99 Å². The lowest BCUT2D eigenvalue weighted by molar-refractivity contribution is 0.148. The van der Waals surface area contributed by atoms with Gasteiger partial charge in [0.05, 0.1) is 0 Å². The quantitative estimate of drug-likeness (QED) is 0.567.